The van der Waals surface area contributed by atoms with Gasteiger partial charge in [0.2, 0.25) is 0 Å². The van der Waals surface area contributed by atoms with Crippen molar-refractivity contribution in [2.75, 3.05) is 40.0 Å². The molecule has 2 aliphatic heterocycles. The van der Waals surface area contributed by atoms with Crippen LogP contribution < -0.4 is 14.2 Å². The second kappa shape index (κ2) is 9.84. The van der Waals surface area contributed by atoms with Gasteiger partial charge in [-0.3, -0.25) is 4.90 Å². The number of likely N-dealkylation sites (tertiary alicyclic amines) is 1. The number of benzene rings is 3. The van der Waals surface area contributed by atoms with Crippen molar-refractivity contribution in [3.8, 4) is 17.2 Å². The first-order chi connectivity index (χ1) is 16.2. The fourth-order valence-electron chi connectivity index (χ4n) is 5.00. The third kappa shape index (κ3) is 4.83. The van der Waals surface area contributed by atoms with E-state index < -0.39 is 0 Å². The smallest absolute Gasteiger partial charge is 0.126 e. The minimum Gasteiger partial charge on any atom is -0.497 e. The number of rotatable bonds is 7. The number of hydrogen-bond donors (Lipinski definition) is 0. The van der Waals surface area contributed by atoms with E-state index in [-0.39, 0.29) is 17.7 Å². The lowest BCUT2D eigenvalue weighted by Crippen LogP contribution is -2.25. The van der Waals surface area contributed by atoms with Crippen LogP contribution in [-0.2, 0) is 0 Å². The SMILES string of the molecule is COc1ccc2c(c1)OC[C@H](c1ccc(F)cc1)[C@@H]2c1ccc(OCCN2CCCC2)cc1. The summed E-state index contributed by atoms with van der Waals surface area (Å²) in [6, 6.07) is 21.2. The third-order valence-electron chi connectivity index (χ3n) is 6.79. The van der Waals surface area contributed by atoms with Gasteiger partial charge < -0.3 is 14.2 Å². The van der Waals surface area contributed by atoms with Gasteiger partial charge in [0.25, 0.3) is 0 Å². The quantitative estimate of drug-likeness (QED) is 0.471. The van der Waals surface area contributed by atoms with Crippen LogP contribution in [0.3, 0.4) is 0 Å². The van der Waals surface area contributed by atoms with E-state index >= 15 is 0 Å². The molecule has 0 aliphatic carbocycles. The predicted octanol–water partition coefficient (Wildman–Crippen LogP) is 5.62. The number of halogens is 1. The Bertz CT molecular complexity index is 1060. The van der Waals surface area contributed by atoms with Gasteiger partial charge in [0.05, 0.1) is 13.7 Å². The molecule has 0 aromatic heterocycles. The predicted molar refractivity (Wildman–Crippen MR) is 127 cm³/mol. The average Bonchev–Trinajstić information content (AvgIpc) is 3.38. The van der Waals surface area contributed by atoms with E-state index in [1.165, 1.54) is 43.6 Å². The first kappa shape index (κ1) is 21.8. The Morgan fingerprint density at radius 3 is 2.33 bits per heavy atom. The molecular formula is C28H30FNO3. The van der Waals surface area contributed by atoms with Crippen LogP contribution in [0.4, 0.5) is 4.39 Å². The normalized spacial score (nSPS) is 20.2. The summed E-state index contributed by atoms with van der Waals surface area (Å²) in [5.41, 5.74) is 3.36. The van der Waals surface area contributed by atoms with Crippen molar-refractivity contribution in [2.45, 2.75) is 24.7 Å². The molecule has 0 N–H and O–H groups in total. The number of nitrogens with zero attached hydrogens (tertiary/aromatic N) is 1. The number of methoxy groups -OCH3 is 1. The van der Waals surface area contributed by atoms with Gasteiger partial charge in [0, 0.05) is 30.0 Å². The molecule has 3 aromatic carbocycles. The van der Waals surface area contributed by atoms with Crippen LogP contribution in [0.15, 0.2) is 66.7 Å². The highest BCUT2D eigenvalue weighted by Gasteiger charge is 2.33. The highest BCUT2D eigenvalue weighted by Crippen LogP contribution is 2.47. The molecule has 2 atom stereocenters. The summed E-state index contributed by atoms with van der Waals surface area (Å²) in [6.07, 6.45) is 2.59. The van der Waals surface area contributed by atoms with E-state index in [4.69, 9.17) is 14.2 Å². The Balaban J connectivity index is 1.40. The Kier molecular flexibility index (Phi) is 6.49. The van der Waals surface area contributed by atoms with Crippen molar-refractivity contribution in [1.82, 2.24) is 4.90 Å². The summed E-state index contributed by atoms with van der Waals surface area (Å²) in [7, 11) is 1.66. The standard InChI is InChI=1S/C28H30FNO3/c1-31-24-12-13-25-27(18-24)33-19-26(20-4-8-22(29)9-5-20)28(25)21-6-10-23(11-7-21)32-17-16-30-14-2-3-15-30/h4-13,18,26,28H,2-3,14-17,19H2,1H3/t26-,28-/m1/s1. The summed E-state index contributed by atoms with van der Waals surface area (Å²) in [5.74, 6) is 2.43. The van der Waals surface area contributed by atoms with Crippen molar-refractivity contribution in [2.24, 2.45) is 0 Å². The summed E-state index contributed by atoms with van der Waals surface area (Å²) in [4.78, 5) is 2.45. The van der Waals surface area contributed by atoms with E-state index in [0.29, 0.717) is 13.2 Å². The molecule has 0 saturated carbocycles. The number of hydrogen-bond acceptors (Lipinski definition) is 4. The first-order valence-electron chi connectivity index (χ1n) is 11.7. The molecule has 0 unspecified atom stereocenters. The van der Waals surface area contributed by atoms with Crippen molar-refractivity contribution in [1.29, 1.82) is 0 Å². The van der Waals surface area contributed by atoms with Gasteiger partial charge in [-0.1, -0.05) is 30.3 Å². The minimum absolute atomic E-state index is 0.0772. The summed E-state index contributed by atoms with van der Waals surface area (Å²) < 4.78 is 31.1. The Labute approximate surface area is 194 Å². The van der Waals surface area contributed by atoms with Gasteiger partial charge in [0.15, 0.2) is 0 Å². The molecule has 2 heterocycles. The monoisotopic (exact) mass is 447 g/mol. The van der Waals surface area contributed by atoms with E-state index in [1.807, 2.05) is 24.3 Å². The van der Waals surface area contributed by atoms with Crippen LogP contribution in [0.2, 0.25) is 0 Å². The molecule has 5 rings (SSSR count). The number of fused-ring (bicyclic) bond motifs is 1. The van der Waals surface area contributed by atoms with Crippen LogP contribution in [0.25, 0.3) is 0 Å². The van der Waals surface area contributed by atoms with Crippen LogP contribution in [0, 0.1) is 5.82 Å². The zero-order valence-electron chi connectivity index (χ0n) is 19.0. The molecule has 5 heteroatoms. The molecule has 0 amide bonds. The van der Waals surface area contributed by atoms with E-state index in [2.05, 4.69) is 35.2 Å². The number of ether oxygens (including phenoxy) is 3. The Hall–Kier alpha value is -3.05. The topological polar surface area (TPSA) is 30.9 Å². The van der Waals surface area contributed by atoms with Gasteiger partial charge in [-0.2, -0.15) is 0 Å². The molecule has 1 fully saturated rings. The largest absolute Gasteiger partial charge is 0.497 e. The van der Waals surface area contributed by atoms with Crippen molar-refractivity contribution < 1.29 is 18.6 Å². The highest BCUT2D eigenvalue weighted by molar-refractivity contribution is 5.51. The molecule has 0 spiro atoms. The fraction of sp³-hybridized carbons (Fsp3) is 0.357. The zero-order valence-corrected chi connectivity index (χ0v) is 19.0. The van der Waals surface area contributed by atoms with Gasteiger partial charge in [0.1, 0.15) is 29.7 Å². The molecule has 0 radical (unpaired) electrons. The van der Waals surface area contributed by atoms with Gasteiger partial charge in [-0.05, 0) is 67.4 Å². The lowest BCUT2D eigenvalue weighted by Gasteiger charge is -2.34. The lowest BCUT2D eigenvalue weighted by molar-refractivity contribution is 0.237. The average molecular weight is 448 g/mol. The maximum absolute atomic E-state index is 13.6. The Morgan fingerprint density at radius 2 is 1.61 bits per heavy atom. The molecule has 4 nitrogen and oxygen atoms in total. The van der Waals surface area contributed by atoms with Crippen molar-refractivity contribution in [3.63, 3.8) is 0 Å². The Morgan fingerprint density at radius 1 is 0.909 bits per heavy atom. The zero-order chi connectivity index (χ0) is 22.6. The second-order valence-electron chi connectivity index (χ2n) is 8.82. The first-order valence-corrected chi connectivity index (χ1v) is 11.7. The molecule has 0 bridgehead atoms. The summed E-state index contributed by atoms with van der Waals surface area (Å²) in [6.45, 7) is 4.56. The molecule has 172 valence electrons. The molecule has 2 aliphatic rings. The van der Waals surface area contributed by atoms with Crippen LogP contribution in [-0.4, -0.2) is 44.9 Å². The molecular weight excluding hydrogens is 417 g/mol. The summed E-state index contributed by atoms with van der Waals surface area (Å²) in [5, 5.41) is 0. The van der Waals surface area contributed by atoms with Crippen LogP contribution >= 0.6 is 0 Å². The van der Waals surface area contributed by atoms with E-state index in [9.17, 15) is 4.39 Å². The molecule has 3 aromatic rings. The third-order valence-corrected chi connectivity index (χ3v) is 6.79. The maximum atomic E-state index is 13.6. The van der Waals surface area contributed by atoms with Gasteiger partial charge >= 0.3 is 0 Å². The van der Waals surface area contributed by atoms with Crippen LogP contribution in [0.1, 0.15) is 41.4 Å². The van der Waals surface area contributed by atoms with Crippen molar-refractivity contribution in [3.05, 3.63) is 89.2 Å². The van der Waals surface area contributed by atoms with Gasteiger partial charge in [-0.15, -0.1) is 0 Å². The molecule has 1 saturated heterocycles. The lowest BCUT2D eigenvalue weighted by atomic mass is 9.76. The van der Waals surface area contributed by atoms with Crippen LogP contribution in [0.5, 0.6) is 17.2 Å². The van der Waals surface area contributed by atoms with Crippen molar-refractivity contribution >= 4 is 0 Å². The van der Waals surface area contributed by atoms with E-state index in [0.717, 1.165) is 34.9 Å². The fourth-order valence-corrected chi connectivity index (χ4v) is 5.00. The summed E-state index contributed by atoms with van der Waals surface area (Å²) >= 11 is 0. The maximum Gasteiger partial charge on any atom is 0.126 e. The highest BCUT2D eigenvalue weighted by atomic mass is 19.1. The molecule has 33 heavy (non-hydrogen) atoms. The second-order valence-corrected chi connectivity index (χ2v) is 8.82. The van der Waals surface area contributed by atoms with E-state index in [1.54, 1.807) is 7.11 Å². The minimum atomic E-state index is -0.229. The van der Waals surface area contributed by atoms with Gasteiger partial charge in [-0.25, -0.2) is 4.39 Å².